The molecular weight excluding hydrogens is 324 g/mol. The van der Waals surface area contributed by atoms with Crippen LogP contribution < -0.4 is 0 Å². The van der Waals surface area contributed by atoms with Crippen molar-refractivity contribution in [3.8, 4) is 0 Å². The van der Waals surface area contributed by atoms with Gasteiger partial charge in [0.25, 0.3) is 0 Å². The van der Waals surface area contributed by atoms with Crippen molar-refractivity contribution in [1.82, 2.24) is 0 Å². The molecule has 1 atom stereocenters. The van der Waals surface area contributed by atoms with Crippen LogP contribution >= 0.6 is 0 Å². The Labute approximate surface area is 149 Å². The quantitative estimate of drug-likeness (QED) is 0.181. The van der Waals surface area contributed by atoms with Crippen LogP contribution in [0.15, 0.2) is 12.2 Å². The van der Waals surface area contributed by atoms with Crippen LogP contribution in [-0.4, -0.2) is 41.9 Å². The van der Waals surface area contributed by atoms with E-state index in [1.807, 2.05) is 0 Å². The van der Waals surface area contributed by atoms with Gasteiger partial charge < -0.3 is 18.0 Å². The molecule has 24 heavy (non-hydrogen) atoms. The molecule has 142 valence electrons. The maximum Gasteiger partial charge on any atom is 0.484 e. The SMILES string of the molecule is C=C(C)C(=O)OCCC(C)CCO[SiH](OCCCC)OCCCC. The molecule has 0 aromatic heterocycles. The second kappa shape index (κ2) is 15.8. The van der Waals surface area contributed by atoms with E-state index in [4.69, 9.17) is 18.0 Å². The number of carbonyl (C=O) groups excluding carboxylic acids is 1. The molecule has 0 aliphatic rings. The molecule has 0 heterocycles. The van der Waals surface area contributed by atoms with Crippen molar-refractivity contribution in [1.29, 1.82) is 0 Å². The zero-order chi connectivity index (χ0) is 18.2. The second-order valence-electron chi connectivity index (χ2n) is 6.21. The summed E-state index contributed by atoms with van der Waals surface area (Å²) in [5.41, 5.74) is 0.438. The predicted molar refractivity (Wildman–Crippen MR) is 99.0 cm³/mol. The van der Waals surface area contributed by atoms with Crippen LogP contribution in [0.5, 0.6) is 0 Å². The summed E-state index contributed by atoms with van der Waals surface area (Å²) in [5.74, 6) is 0.100. The zero-order valence-electron chi connectivity index (χ0n) is 16.0. The summed E-state index contributed by atoms with van der Waals surface area (Å²) in [6.07, 6.45) is 6.01. The number of esters is 1. The van der Waals surface area contributed by atoms with E-state index in [9.17, 15) is 4.79 Å². The van der Waals surface area contributed by atoms with E-state index in [0.29, 0.717) is 37.9 Å². The molecule has 0 rings (SSSR count). The van der Waals surface area contributed by atoms with Crippen molar-refractivity contribution >= 4 is 15.5 Å². The fourth-order valence-electron chi connectivity index (χ4n) is 1.78. The highest BCUT2D eigenvalue weighted by atomic mass is 28.3. The first-order valence-electron chi connectivity index (χ1n) is 9.18. The number of carbonyl (C=O) groups is 1. The monoisotopic (exact) mass is 360 g/mol. The molecule has 0 saturated heterocycles. The largest absolute Gasteiger partial charge is 0.484 e. The summed E-state index contributed by atoms with van der Waals surface area (Å²) >= 11 is 0. The molecule has 0 aromatic carbocycles. The van der Waals surface area contributed by atoms with Gasteiger partial charge in [0.1, 0.15) is 0 Å². The molecule has 0 radical (unpaired) electrons. The molecule has 0 aliphatic carbocycles. The first-order chi connectivity index (χ1) is 11.5. The van der Waals surface area contributed by atoms with Crippen molar-refractivity contribution in [2.75, 3.05) is 26.4 Å². The van der Waals surface area contributed by atoms with Crippen LogP contribution in [0.1, 0.15) is 66.2 Å². The molecule has 0 N–H and O–H groups in total. The number of rotatable bonds is 16. The van der Waals surface area contributed by atoms with E-state index in [1.54, 1.807) is 6.92 Å². The van der Waals surface area contributed by atoms with Crippen LogP contribution in [0.25, 0.3) is 0 Å². The Hall–Kier alpha value is -0.693. The average molecular weight is 361 g/mol. The van der Waals surface area contributed by atoms with Gasteiger partial charge in [-0.05, 0) is 38.5 Å². The van der Waals surface area contributed by atoms with Crippen molar-refractivity contribution in [2.24, 2.45) is 5.92 Å². The maximum absolute atomic E-state index is 11.3. The van der Waals surface area contributed by atoms with Gasteiger partial charge in [-0.25, -0.2) is 4.79 Å². The molecule has 1 unspecified atom stereocenters. The van der Waals surface area contributed by atoms with E-state index >= 15 is 0 Å². The highest BCUT2D eigenvalue weighted by Crippen LogP contribution is 2.09. The topological polar surface area (TPSA) is 54.0 Å². The standard InChI is InChI=1S/C18H36O5Si/c1-6-8-12-21-24(22-13-9-7-2)23-15-11-17(5)10-14-20-18(19)16(3)4/h17,24H,3,6-15H2,1-2,4-5H3. The third-order valence-electron chi connectivity index (χ3n) is 3.56. The van der Waals surface area contributed by atoms with Crippen molar-refractivity contribution < 1.29 is 22.8 Å². The van der Waals surface area contributed by atoms with E-state index < -0.39 is 9.53 Å². The molecule has 0 spiro atoms. The summed E-state index contributed by atoms with van der Waals surface area (Å²) < 4.78 is 22.5. The highest BCUT2D eigenvalue weighted by Gasteiger charge is 2.16. The van der Waals surface area contributed by atoms with Gasteiger partial charge in [-0.2, -0.15) is 0 Å². The molecule has 6 heteroatoms. The van der Waals surface area contributed by atoms with Gasteiger partial charge in [0.15, 0.2) is 0 Å². The number of hydrogen-bond acceptors (Lipinski definition) is 5. The Kier molecular flexibility index (Phi) is 15.4. The van der Waals surface area contributed by atoms with Crippen LogP contribution in [0.2, 0.25) is 0 Å². The average Bonchev–Trinajstić information content (AvgIpc) is 2.54. The lowest BCUT2D eigenvalue weighted by Gasteiger charge is -2.18. The van der Waals surface area contributed by atoms with Gasteiger partial charge in [-0.15, -0.1) is 0 Å². The number of unbranched alkanes of at least 4 members (excludes halogenated alkanes) is 2. The summed E-state index contributed by atoms with van der Waals surface area (Å²) in [4.78, 5) is 11.3. The van der Waals surface area contributed by atoms with E-state index in [1.165, 1.54) is 0 Å². The smallest absolute Gasteiger partial charge is 0.462 e. The van der Waals surface area contributed by atoms with Gasteiger partial charge in [-0.1, -0.05) is 40.2 Å². The lowest BCUT2D eigenvalue weighted by Crippen LogP contribution is -2.29. The Morgan fingerprint density at radius 1 is 0.958 bits per heavy atom. The Balaban J connectivity index is 3.88. The first kappa shape index (κ1) is 23.3. The van der Waals surface area contributed by atoms with Gasteiger partial charge in [0, 0.05) is 25.4 Å². The molecule has 0 bridgehead atoms. The lowest BCUT2D eigenvalue weighted by molar-refractivity contribution is -0.139. The minimum atomic E-state index is -2.01. The predicted octanol–water partition coefficient (Wildman–Crippen LogP) is 3.89. The first-order valence-corrected chi connectivity index (χ1v) is 10.6. The fourth-order valence-corrected chi connectivity index (χ4v) is 3.11. The summed E-state index contributed by atoms with van der Waals surface area (Å²) in [5, 5.41) is 0. The maximum atomic E-state index is 11.3. The van der Waals surface area contributed by atoms with Gasteiger partial charge in [-0.3, -0.25) is 0 Å². The summed E-state index contributed by atoms with van der Waals surface area (Å²) in [6.45, 7) is 14.1. The molecule has 0 saturated carbocycles. The molecule has 0 fully saturated rings. The minimum Gasteiger partial charge on any atom is -0.462 e. The van der Waals surface area contributed by atoms with Crippen molar-refractivity contribution in [2.45, 2.75) is 66.2 Å². The van der Waals surface area contributed by atoms with Crippen LogP contribution in [0.4, 0.5) is 0 Å². The number of hydrogen-bond donors (Lipinski definition) is 0. The van der Waals surface area contributed by atoms with Crippen molar-refractivity contribution in [3.63, 3.8) is 0 Å². The normalized spacial score (nSPS) is 12.4. The second-order valence-corrected chi connectivity index (χ2v) is 7.78. The Morgan fingerprint density at radius 3 is 1.96 bits per heavy atom. The third kappa shape index (κ3) is 13.7. The van der Waals surface area contributed by atoms with E-state index in [2.05, 4.69) is 27.4 Å². The van der Waals surface area contributed by atoms with Crippen molar-refractivity contribution in [3.05, 3.63) is 12.2 Å². The molecule has 0 amide bonds. The molecule has 0 aromatic rings. The summed E-state index contributed by atoms with van der Waals surface area (Å²) in [6, 6.07) is 0. The summed E-state index contributed by atoms with van der Waals surface area (Å²) in [7, 11) is -2.01. The van der Waals surface area contributed by atoms with Crippen LogP contribution in [-0.2, 0) is 22.8 Å². The zero-order valence-corrected chi connectivity index (χ0v) is 17.1. The number of ether oxygens (including phenoxy) is 1. The lowest BCUT2D eigenvalue weighted by atomic mass is 10.1. The van der Waals surface area contributed by atoms with Gasteiger partial charge in [0.2, 0.25) is 0 Å². The van der Waals surface area contributed by atoms with Gasteiger partial charge >= 0.3 is 15.5 Å². The molecule has 0 aliphatic heterocycles. The minimum absolute atomic E-state index is 0.320. The molecule has 5 nitrogen and oxygen atoms in total. The van der Waals surface area contributed by atoms with E-state index in [-0.39, 0.29) is 5.97 Å². The Morgan fingerprint density at radius 2 is 1.46 bits per heavy atom. The molecular formula is C18H36O5Si. The fraction of sp³-hybridized carbons (Fsp3) is 0.833. The van der Waals surface area contributed by atoms with Gasteiger partial charge in [0.05, 0.1) is 6.61 Å². The van der Waals surface area contributed by atoms with Crippen LogP contribution in [0, 0.1) is 5.92 Å². The highest BCUT2D eigenvalue weighted by molar-refractivity contribution is 6.36. The third-order valence-corrected chi connectivity index (χ3v) is 5.08. The van der Waals surface area contributed by atoms with Crippen LogP contribution in [0.3, 0.4) is 0 Å². The Bertz CT molecular complexity index is 325. The van der Waals surface area contributed by atoms with E-state index in [0.717, 1.165) is 38.5 Å².